The van der Waals surface area contributed by atoms with Gasteiger partial charge in [0.05, 0.1) is 30.5 Å². The number of ether oxygens (including phenoxy) is 1. The number of nitrogens with zero attached hydrogens (tertiary/aromatic N) is 1. The molecule has 10 heteroatoms. The molecule has 9 nitrogen and oxygen atoms in total. The number of furan rings is 1. The van der Waals surface area contributed by atoms with E-state index in [9.17, 15) is 19.5 Å². The first-order chi connectivity index (χ1) is 16.9. The molecule has 1 heterocycles. The van der Waals surface area contributed by atoms with Crippen molar-refractivity contribution in [3.63, 3.8) is 0 Å². The number of hydrogen-bond acceptors (Lipinski definition) is 6. The molecule has 0 saturated carbocycles. The summed E-state index contributed by atoms with van der Waals surface area (Å²) in [5.74, 6) is -0.313. The predicted molar refractivity (Wildman–Crippen MR) is 131 cm³/mol. The molecule has 3 N–H and O–H groups in total. The van der Waals surface area contributed by atoms with Crippen LogP contribution in [0.4, 0.5) is 0 Å². The molecule has 3 aromatic rings. The zero-order valence-corrected chi connectivity index (χ0v) is 19.7. The highest BCUT2D eigenvalue weighted by molar-refractivity contribution is 6.33. The van der Waals surface area contributed by atoms with Crippen LogP contribution in [0.5, 0.6) is 5.75 Å². The molecule has 182 valence electrons. The average Bonchev–Trinajstić information content (AvgIpc) is 3.32. The van der Waals surface area contributed by atoms with Crippen LogP contribution in [-0.4, -0.2) is 42.8 Å². The average molecular weight is 498 g/mol. The van der Waals surface area contributed by atoms with E-state index < -0.39 is 11.9 Å². The number of methoxy groups -OCH3 is 1. The van der Waals surface area contributed by atoms with Gasteiger partial charge in [-0.1, -0.05) is 23.7 Å². The van der Waals surface area contributed by atoms with Gasteiger partial charge < -0.3 is 19.6 Å². The van der Waals surface area contributed by atoms with Crippen molar-refractivity contribution in [3.8, 4) is 17.1 Å². The van der Waals surface area contributed by atoms with Crippen LogP contribution in [0.3, 0.4) is 0 Å². The van der Waals surface area contributed by atoms with Crippen molar-refractivity contribution in [2.24, 2.45) is 5.10 Å². The predicted octanol–water partition coefficient (Wildman–Crippen LogP) is 3.90. The van der Waals surface area contributed by atoms with E-state index in [0.29, 0.717) is 29.9 Å². The zero-order chi connectivity index (χ0) is 25.2. The molecule has 0 spiro atoms. The molecule has 0 bridgehead atoms. The van der Waals surface area contributed by atoms with Gasteiger partial charge in [0.15, 0.2) is 0 Å². The summed E-state index contributed by atoms with van der Waals surface area (Å²) in [7, 11) is 1.61. The van der Waals surface area contributed by atoms with E-state index in [-0.39, 0.29) is 23.0 Å². The number of carbonyl (C=O) groups is 3. The van der Waals surface area contributed by atoms with Gasteiger partial charge in [0.25, 0.3) is 5.91 Å². The normalized spacial score (nSPS) is 10.8. The Kier molecular flexibility index (Phi) is 9.02. The lowest BCUT2D eigenvalue weighted by Gasteiger charge is -2.05. The Morgan fingerprint density at radius 1 is 1.09 bits per heavy atom. The summed E-state index contributed by atoms with van der Waals surface area (Å²) in [5.41, 5.74) is 3.91. The van der Waals surface area contributed by atoms with E-state index >= 15 is 0 Å². The lowest BCUT2D eigenvalue weighted by molar-refractivity contribution is -0.126. The van der Waals surface area contributed by atoms with Crippen LogP contribution in [0.25, 0.3) is 11.3 Å². The van der Waals surface area contributed by atoms with E-state index in [1.54, 1.807) is 25.3 Å². The first-order valence-electron chi connectivity index (χ1n) is 10.7. The summed E-state index contributed by atoms with van der Waals surface area (Å²) in [5, 5.41) is 15.7. The highest BCUT2D eigenvalue weighted by atomic mass is 35.5. The second-order valence-corrected chi connectivity index (χ2v) is 7.88. The molecule has 35 heavy (non-hydrogen) atoms. The number of hydrogen-bond donors (Lipinski definition) is 3. The largest absolute Gasteiger partial charge is 0.497 e. The molecule has 2 amide bonds. The zero-order valence-electron chi connectivity index (χ0n) is 18.9. The summed E-state index contributed by atoms with van der Waals surface area (Å²) < 4.78 is 10.7. The van der Waals surface area contributed by atoms with Crippen molar-refractivity contribution in [2.45, 2.75) is 19.3 Å². The Bertz CT molecular complexity index is 1220. The lowest BCUT2D eigenvalue weighted by atomic mass is 10.1. The lowest BCUT2D eigenvalue weighted by Crippen LogP contribution is -2.34. The minimum absolute atomic E-state index is 0.0363. The second kappa shape index (κ2) is 12.4. The minimum atomic E-state index is -1.14. The van der Waals surface area contributed by atoms with Crippen LogP contribution >= 0.6 is 11.6 Å². The van der Waals surface area contributed by atoms with Crippen LogP contribution in [-0.2, 0) is 16.0 Å². The van der Waals surface area contributed by atoms with Crippen molar-refractivity contribution in [3.05, 3.63) is 76.5 Å². The molecule has 0 aliphatic rings. The molecule has 0 saturated heterocycles. The number of halogens is 1. The third kappa shape index (κ3) is 7.72. The fraction of sp³-hybridized carbons (Fsp3) is 0.200. The standard InChI is InChI=1S/C25H24ClN3O6/c1-34-18-8-5-16(6-9-18)3-2-4-23(30)27-15-24(31)29-28-14-19-10-12-22(35-19)17-7-11-21(26)20(13-17)25(32)33/h5-14H,2-4,15H2,1H3,(H,27,30)(H,29,31)(H,32,33)/b28-14-. The molecule has 0 aliphatic heterocycles. The quantitative estimate of drug-likeness (QED) is 0.272. The number of aromatic carboxylic acids is 1. The smallest absolute Gasteiger partial charge is 0.337 e. The number of carboxylic acid groups (broad SMARTS) is 1. The molecule has 1 aromatic heterocycles. The Morgan fingerprint density at radius 2 is 1.86 bits per heavy atom. The Hall–Kier alpha value is -4.11. The fourth-order valence-electron chi connectivity index (χ4n) is 3.14. The van der Waals surface area contributed by atoms with Crippen molar-refractivity contribution in [1.29, 1.82) is 0 Å². The maximum Gasteiger partial charge on any atom is 0.337 e. The molecule has 0 aliphatic carbocycles. The fourth-order valence-corrected chi connectivity index (χ4v) is 3.34. The van der Waals surface area contributed by atoms with Crippen molar-refractivity contribution in [2.75, 3.05) is 13.7 Å². The molecule has 0 atom stereocenters. The molecule has 0 fully saturated rings. The first kappa shape index (κ1) is 25.5. The number of aryl methyl sites for hydroxylation is 1. The van der Waals surface area contributed by atoms with E-state index in [1.807, 2.05) is 24.3 Å². The molecule has 3 rings (SSSR count). The third-order valence-corrected chi connectivity index (χ3v) is 5.29. The van der Waals surface area contributed by atoms with Gasteiger partial charge in [-0.15, -0.1) is 0 Å². The molecular weight excluding hydrogens is 474 g/mol. The van der Waals surface area contributed by atoms with Crippen molar-refractivity contribution in [1.82, 2.24) is 10.7 Å². The number of rotatable bonds is 11. The number of carbonyl (C=O) groups excluding carboxylic acids is 2. The highest BCUT2D eigenvalue weighted by Gasteiger charge is 2.12. The topological polar surface area (TPSA) is 130 Å². The molecular formula is C25H24ClN3O6. The molecule has 0 unspecified atom stereocenters. The maximum absolute atomic E-state index is 11.9. The van der Waals surface area contributed by atoms with Crippen LogP contribution in [0.15, 0.2) is 64.1 Å². The van der Waals surface area contributed by atoms with Gasteiger partial charge in [-0.25, -0.2) is 10.2 Å². The summed E-state index contributed by atoms with van der Waals surface area (Å²) in [6, 6.07) is 15.4. The van der Waals surface area contributed by atoms with E-state index in [4.69, 9.17) is 20.8 Å². The Morgan fingerprint density at radius 3 is 2.57 bits per heavy atom. The Balaban J connectivity index is 1.39. The van der Waals surface area contributed by atoms with Crippen molar-refractivity contribution >= 4 is 35.6 Å². The van der Waals surface area contributed by atoms with Gasteiger partial charge in [0.1, 0.15) is 17.3 Å². The Labute approximate surface area is 206 Å². The third-order valence-electron chi connectivity index (χ3n) is 4.96. The van der Waals surface area contributed by atoms with Crippen LogP contribution in [0, 0.1) is 0 Å². The van der Waals surface area contributed by atoms with Gasteiger partial charge in [0, 0.05) is 12.0 Å². The minimum Gasteiger partial charge on any atom is -0.497 e. The monoisotopic (exact) mass is 497 g/mol. The first-order valence-corrected chi connectivity index (χ1v) is 11.1. The summed E-state index contributed by atoms with van der Waals surface area (Å²) in [6.45, 7) is -0.204. The number of benzene rings is 2. The van der Waals surface area contributed by atoms with Gasteiger partial charge in [-0.05, 0) is 60.9 Å². The van der Waals surface area contributed by atoms with E-state index in [0.717, 1.165) is 17.7 Å². The molecule has 2 aromatic carbocycles. The van der Waals surface area contributed by atoms with Crippen LogP contribution < -0.4 is 15.5 Å². The number of nitrogens with one attached hydrogen (secondary N) is 2. The van der Waals surface area contributed by atoms with Gasteiger partial charge >= 0.3 is 5.97 Å². The van der Waals surface area contributed by atoms with Gasteiger partial charge in [-0.2, -0.15) is 5.10 Å². The second-order valence-electron chi connectivity index (χ2n) is 7.47. The van der Waals surface area contributed by atoms with E-state index in [2.05, 4.69) is 15.8 Å². The maximum atomic E-state index is 11.9. The number of hydrazone groups is 1. The van der Waals surface area contributed by atoms with Gasteiger partial charge in [-0.3, -0.25) is 9.59 Å². The SMILES string of the molecule is COc1ccc(CCCC(=O)NCC(=O)N/N=C\c2ccc(-c3ccc(Cl)c(C(=O)O)c3)o2)cc1. The molecule has 0 radical (unpaired) electrons. The van der Waals surface area contributed by atoms with Crippen molar-refractivity contribution < 1.29 is 28.6 Å². The summed E-state index contributed by atoms with van der Waals surface area (Å²) in [6.07, 6.45) is 2.99. The van der Waals surface area contributed by atoms with E-state index in [1.165, 1.54) is 18.3 Å². The number of carboxylic acids is 1. The van der Waals surface area contributed by atoms with Crippen LogP contribution in [0.1, 0.15) is 34.5 Å². The highest BCUT2D eigenvalue weighted by Crippen LogP contribution is 2.26. The number of amides is 2. The van der Waals surface area contributed by atoms with Gasteiger partial charge in [0.2, 0.25) is 5.91 Å². The summed E-state index contributed by atoms with van der Waals surface area (Å²) >= 11 is 5.88. The van der Waals surface area contributed by atoms with Crippen LogP contribution in [0.2, 0.25) is 5.02 Å². The summed E-state index contributed by atoms with van der Waals surface area (Å²) in [4.78, 5) is 35.1.